The largest absolute Gasteiger partial charge is 0.369 e. The minimum Gasteiger partial charge on any atom is -0.369 e. The molecule has 0 bridgehead atoms. The fourth-order valence-corrected chi connectivity index (χ4v) is 2.28. The van der Waals surface area contributed by atoms with Gasteiger partial charge in [-0.25, -0.2) is 4.39 Å². The monoisotopic (exact) mass is 204 g/mol. The van der Waals surface area contributed by atoms with Gasteiger partial charge in [-0.15, -0.1) is 0 Å². The summed E-state index contributed by atoms with van der Waals surface area (Å²) in [5.74, 6) is -0.655. The molecule has 0 aromatic heterocycles. The molecule has 0 aromatic rings. The molecule has 0 aliphatic carbocycles. The minimum absolute atomic E-state index is 0.0995. The van der Waals surface area contributed by atoms with Gasteiger partial charge in [0.15, 0.2) is 18.2 Å². The predicted octanol–water partition coefficient (Wildman–Crippen LogP) is 0.600. The van der Waals surface area contributed by atoms with Gasteiger partial charge < -0.3 is 18.9 Å². The smallest absolute Gasteiger partial charge is 0.190 e. The van der Waals surface area contributed by atoms with Crippen LogP contribution in [0, 0.1) is 0 Å². The van der Waals surface area contributed by atoms with Crippen molar-refractivity contribution in [2.45, 2.75) is 50.4 Å². The van der Waals surface area contributed by atoms with Crippen molar-refractivity contribution in [1.82, 2.24) is 0 Å². The summed E-state index contributed by atoms with van der Waals surface area (Å²) in [6.45, 7) is 3.72. The van der Waals surface area contributed by atoms with E-state index in [-0.39, 0.29) is 18.8 Å². The van der Waals surface area contributed by atoms with Crippen LogP contribution in [0.5, 0.6) is 0 Å². The molecule has 3 aliphatic rings. The molecular weight excluding hydrogens is 191 g/mol. The van der Waals surface area contributed by atoms with Crippen LogP contribution in [0.1, 0.15) is 13.8 Å². The summed E-state index contributed by atoms with van der Waals surface area (Å²) < 4.78 is 35.0. The molecule has 3 saturated heterocycles. The van der Waals surface area contributed by atoms with Crippen molar-refractivity contribution < 1.29 is 23.3 Å². The molecule has 0 saturated carbocycles. The molecule has 3 aliphatic heterocycles. The standard InChI is InChI=1S/C9H13FO4/c1-9(2)13-7-6-5(4(10)3-11-6)12-8(7)14-9/h4-8H,3H2,1-2H3/t4?,5-,6+,7-,8-/m1/s1. The zero-order chi connectivity index (χ0) is 9.92. The number of alkyl halides is 1. The Morgan fingerprint density at radius 1 is 1.14 bits per heavy atom. The van der Waals surface area contributed by atoms with Crippen molar-refractivity contribution in [1.29, 1.82) is 0 Å². The lowest BCUT2D eigenvalue weighted by Gasteiger charge is -2.21. The van der Waals surface area contributed by atoms with Crippen LogP contribution in [-0.4, -0.2) is 43.2 Å². The van der Waals surface area contributed by atoms with Gasteiger partial charge in [0.2, 0.25) is 0 Å². The SMILES string of the molecule is CC1(C)O[C@H]2O[C@@H]3C(F)CO[C@@H]3[C@H]2O1. The van der Waals surface area contributed by atoms with E-state index in [4.69, 9.17) is 18.9 Å². The second-order valence-electron chi connectivity index (χ2n) is 4.38. The highest BCUT2D eigenvalue weighted by atomic mass is 19.1. The van der Waals surface area contributed by atoms with Gasteiger partial charge in [0.25, 0.3) is 0 Å². The fourth-order valence-electron chi connectivity index (χ4n) is 2.28. The number of rotatable bonds is 0. The molecule has 0 radical (unpaired) electrons. The zero-order valence-corrected chi connectivity index (χ0v) is 8.10. The summed E-state index contributed by atoms with van der Waals surface area (Å²) in [5, 5.41) is 0. The third-order valence-electron chi connectivity index (χ3n) is 2.83. The number of halogens is 1. The van der Waals surface area contributed by atoms with Crippen LogP contribution in [0.15, 0.2) is 0 Å². The number of ether oxygens (including phenoxy) is 4. The average Bonchev–Trinajstić information content (AvgIpc) is 2.63. The third-order valence-corrected chi connectivity index (χ3v) is 2.83. The highest BCUT2D eigenvalue weighted by Crippen LogP contribution is 2.42. The van der Waals surface area contributed by atoms with Gasteiger partial charge >= 0.3 is 0 Å². The van der Waals surface area contributed by atoms with E-state index in [2.05, 4.69) is 0 Å². The van der Waals surface area contributed by atoms with E-state index in [0.29, 0.717) is 0 Å². The molecule has 1 unspecified atom stereocenters. The van der Waals surface area contributed by atoms with Crippen molar-refractivity contribution in [3.8, 4) is 0 Å². The number of fused-ring (bicyclic) bond motifs is 3. The first-order valence-electron chi connectivity index (χ1n) is 4.84. The normalized spacial score (nSPS) is 54.6. The van der Waals surface area contributed by atoms with E-state index in [1.807, 2.05) is 13.8 Å². The first kappa shape index (κ1) is 9.03. The Labute approximate surface area is 81.3 Å². The Bertz CT molecular complexity index is 257. The maximum atomic E-state index is 13.2. The minimum atomic E-state index is -1.05. The lowest BCUT2D eigenvalue weighted by molar-refractivity contribution is -0.212. The summed E-state index contributed by atoms with van der Waals surface area (Å²) in [7, 11) is 0. The van der Waals surface area contributed by atoms with Crippen molar-refractivity contribution in [2.75, 3.05) is 6.61 Å². The first-order valence-corrected chi connectivity index (χ1v) is 4.84. The number of hydrogen-bond acceptors (Lipinski definition) is 4. The highest BCUT2D eigenvalue weighted by Gasteiger charge is 2.59. The summed E-state index contributed by atoms with van der Waals surface area (Å²) in [6.07, 6.45) is -2.63. The lowest BCUT2D eigenvalue weighted by Crippen LogP contribution is -2.34. The van der Waals surface area contributed by atoms with Gasteiger partial charge in [0.1, 0.15) is 18.3 Å². The van der Waals surface area contributed by atoms with Crippen molar-refractivity contribution in [3.05, 3.63) is 0 Å². The molecule has 5 atom stereocenters. The van der Waals surface area contributed by atoms with Crippen LogP contribution < -0.4 is 0 Å². The van der Waals surface area contributed by atoms with Gasteiger partial charge in [0.05, 0.1) is 6.61 Å². The van der Waals surface area contributed by atoms with Gasteiger partial charge in [-0.2, -0.15) is 0 Å². The summed E-state index contributed by atoms with van der Waals surface area (Å²) in [6, 6.07) is 0. The van der Waals surface area contributed by atoms with E-state index >= 15 is 0 Å². The Kier molecular flexibility index (Phi) is 1.72. The highest BCUT2D eigenvalue weighted by molar-refractivity contribution is 5.00. The molecule has 80 valence electrons. The second kappa shape index (κ2) is 2.66. The Balaban J connectivity index is 1.80. The topological polar surface area (TPSA) is 36.9 Å². The van der Waals surface area contributed by atoms with Crippen LogP contribution in [0.4, 0.5) is 4.39 Å². The van der Waals surface area contributed by atoms with Gasteiger partial charge in [-0.3, -0.25) is 0 Å². The maximum Gasteiger partial charge on any atom is 0.190 e. The van der Waals surface area contributed by atoms with Crippen molar-refractivity contribution in [3.63, 3.8) is 0 Å². The molecular formula is C9H13FO4. The van der Waals surface area contributed by atoms with E-state index in [0.717, 1.165) is 0 Å². The molecule has 3 fully saturated rings. The summed E-state index contributed by atoms with van der Waals surface area (Å²) in [4.78, 5) is 0. The lowest BCUT2D eigenvalue weighted by atomic mass is 10.1. The van der Waals surface area contributed by atoms with Crippen molar-refractivity contribution >= 4 is 0 Å². The van der Waals surface area contributed by atoms with Crippen LogP contribution in [-0.2, 0) is 18.9 Å². The molecule has 0 amide bonds. The molecule has 0 aromatic carbocycles. The van der Waals surface area contributed by atoms with Gasteiger partial charge in [0, 0.05) is 0 Å². The zero-order valence-electron chi connectivity index (χ0n) is 8.10. The summed E-state index contributed by atoms with van der Waals surface area (Å²) >= 11 is 0. The first-order chi connectivity index (χ1) is 6.57. The van der Waals surface area contributed by atoms with Crippen molar-refractivity contribution in [2.24, 2.45) is 0 Å². The molecule has 14 heavy (non-hydrogen) atoms. The number of hydrogen-bond donors (Lipinski definition) is 0. The Morgan fingerprint density at radius 2 is 1.93 bits per heavy atom. The van der Waals surface area contributed by atoms with Crippen LogP contribution >= 0.6 is 0 Å². The van der Waals surface area contributed by atoms with E-state index < -0.39 is 24.4 Å². The molecule has 5 heteroatoms. The fraction of sp³-hybridized carbons (Fsp3) is 1.00. The third kappa shape index (κ3) is 1.13. The molecule has 4 nitrogen and oxygen atoms in total. The predicted molar refractivity (Wildman–Crippen MR) is 43.3 cm³/mol. The van der Waals surface area contributed by atoms with E-state index in [1.165, 1.54) is 0 Å². The second-order valence-corrected chi connectivity index (χ2v) is 4.38. The molecule has 0 N–H and O–H groups in total. The maximum absolute atomic E-state index is 13.2. The van der Waals surface area contributed by atoms with Crippen LogP contribution in [0.3, 0.4) is 0 Å². The van der Waals surface area contributed by atoms with E-state index in [9.17, 15) is 4.39 Å². The summed E-state index contributed by atoms with van der Waals surface area (Å²) in [5.41, 5.74) is 0. The molecule has 3 rings (SSSR count). The Morgan fingerprint density at radius 3 is 2.71 bits per heavy atom. The average molecular weight is 204 g/mol. The van der Waals surface area contributed by atoms with Crippen LogP contribution in [0.2, 0.25) is 0 Å². The van der Waals surface area contributed by atoms with Gasteiger partial charge in [-0.05, 0) is 13.8 Å². The van der Waals surface area contributed by atoms with Crippen LogP contribution in [0.25, 0.3) is 0 Å². The molecule has 3 heterocycles. The Hall–Kier alpha value is -0.230. The molecule has 0 spiro atoms. The quantitative estimate of drug-likeness (QED) is 0.579. The van der Waals surface area contributed by atoms with Gasteiger partial charge in [-0.1, -0.05) is 0 Å². The van der Waals surface area contributed by atoms with E-state index in [1.54, 1.807) is 0 Å².